The maximum absolute atomic E-state index is 15.9. The molecule has 5 nitrogen and oxygen atoms in total. The van der Waals surface area contributed by atoms with E-state index in [-0.39, 0.29) is 37.3 Å². The lowest BCUT2D eigenvalue weighted by molar-refractivity contribution is 0.368. The van der Waals surface area contributed by atoms with Crippen LogP contribution >= 0.6 is 46.4 Å². The summed E-state index contributed by atoms with van der Waals surface area (Å²) < 4.78 is 34.0. The Morgan fingerprint density at radius 2 is 0.947 bits per heavy atom. The summed E-state index contributed by atoms with van der Waals surface area (Å²) in [5.74, 6) is -2.35. The van der Waals surface area contributed by atoms with Crippen LogP contribution in [0.1, 0.15) is 22.3 Å². The number of benzene rings is 4. The molecule has 38 heavy (non-hydrogen) atoms. The number of halogens is 5. The van der Waals surface area contributed by atoms with Crippen molar-refractivity contribution < 1.29 is 18.6 Å². The van der Waals surface area contributed by atoms with E-state index in [0.717, 1.165) is 0 Å². The fourth-order valence-electron chi connectivity index (χ4n) is 3.57. The molecule has 0 saturated heterocycles. The van der Waals surface area contributed by atoms with Gasteiger partial charge in [0.05, 0.1) is 20.1 Å². The molecule has 0 atom stereocenters. The Morgan fingerprint density at radius 3 is 1.39 bits per heavy atom. The second kappa shape index (κ2) is 11.4. The van der Waals surface area contributed by atoms with Crippen molar-refractivity contribution >= 4 is 46.4 Å². The van der Waals surface area contributed by atoms with E-state index in [1.165, 1.54) is 24.3 Å². The van der Waals surface area contributed by atoms with Crippen LogP contribution in [0, 0.1) is 42.3 Å². The predicted molar refractivity (Wildman–Crippen MR) is 145 cm³/mol. The zero-order valence-electron chi connectivity index (χ0n) is 19.7. The van der Waals surface area contributed by atoms with Gasteiger partial charge in [0.25, 0.3) is 0 Å². The predicted octanol–water partition coefficient (Wildman–Crippen LogP) is 10.2. The molecule has 190 valence electrons. The standard InChI is InChI=1S/C28H15Cl4FN2O3/c1-14-6-3-7-15(2)23(14)36-24-17(13-35)16(12-34)22(33)27(37-25-18(29)8-4-9-19(25)30)28(24)38-26-20(31)10-5-11-21(26)32/h3-11H,1-2H3. The normalized spacial score (nSPS) is 10.4. The fourth-order valence-corrected chi connectivity index (χ4v) is 4.52. The van der Waals surface area contributed by atoms with Gasteiger partial charge in [-0.15, -0.1) is 0 Å². The number of nitrogens with zero attached hydrogens (tertiary/aromatic N) is 2. The molecular weight excluding hydrogens is 573 g/mol. The lowest BCUT2D eigenvalue weighted by Gasteiger charge is -2.21. The Balaban J connectivity index is 2.09. The molecule has 0 N–H and O–H groups in total. The molecule has 0 aliphatic rings. The number of aryl methyl sites for hydroxylation is 2. The summed E-state index contributed by atoms with van der Waals surface area (Å²) in [5, 5.41) is 20.1. The molecule has 0 heterocycles. The van der Waals surface area contributed by atoms with Crippen LogP contribution in [0.4, 0.5) is 4.39 Å². The van der Waals surface area contributed by atoms with Gasteiger partial charge in [0, 0.05) is 0 Å². The first kappa shape index (κ1) is 27.4. The lowest BCUT2D eigenvalue weighted by atomic mass is 10.0. The van der Waals surface area contributed by atoms with E-state index in [4.69, 9.17) is 60.6 Å². The van der Waals surface area contributed by atoms with Gasteiger partial charge in [-0.2, -0.15) is 10.5 Å². The van der Waals surface area contributed by atoms with Gasteiger partial charge in [0.2, 0.25) is 11.5 Å². The van der Waals surface area contributed by atoms with Crippen LogP contribution in [0.5, 0.6) is 34.5 Å². The second-order valence-corrected chi connectivity index (χ2v) is 9.53. The van der Waals surface area contributed by atoms with Crippen molar-refractivity contribution in [3.8, 4) is 46.6 Å². The van der Waals surface area contributed by atoms with Gasteiger partial charge in [0.15, 0.2) is 23.1 Å². The molecule has 4 aromatic rings. The third-order valence-electron chi connectivity index (χ3n) is 5.39. The van der Waals surface area contributed by atoms with Gasteiger partial charge in [-0.25, -0.2) is 4.39 Å². The van der Waals surface area contributed by atoms with E-state index in [1.807, 2.05) is 12.1 Å². The van der Waals surface area contributed by atoms with Crippen LogP contribution < -0.4 is 14.2 Å². The van der Waals surface area contributed by atoms with Crippen molar-refractivity contribution in [3.05, 3.63) is 103 Å². The van der Waals surface area contributed by atoms with Crippen LogP contribution in [0.15, 0.2) is 54.6 Å². The summed E-state index contributed by atoms with van der Waals surface area (Å²) in [6.45, 7) is 3.57. The van der Waals surface area contributed by atoms with Crippen molar-refractivity contribution in [1.29, 1.82) is 10.5 Å². The maximum atomic E-state index is 15.9. The van der Waals surface area contributed by atoms with Crippen molar-refractivity contribution in [3.63, 3.8) is 0 Å². The first-order chi connectivity index (χ1) is 18.2. The first-order valence-corrected chi connectivity index (χ1v) is 12.4. The van der Waals surface area contributed by atoms with E-state index >= 15 is 4.39 Å². The summed E-state index contributed by atoms with van der Waals surface area (Å²) in [6.07, 6.45) is 0. The van der Waals surface area contributed by atoms with Gasteiger partial charge < -0.3 is 14.2 Å². The van der Waals surface area contributed by atoms with Crippen LogP contribution in [-0.2, 0) is 0 Å². The van der Waals surface area contributed by atoms with Gasteiger partial charge in [-0.05, 0) is 49.2 Å². The number of ether oxygens (including phenoxy) is 3. The highest BCUT2D eigenvalue weighted by atomic mass is 35.5. The second-order valence-electron chi connectivity index (χ2n) is 7.90. The molecule has 0 spiro atoms. The van der Waals surface area contributed by atoms with Gasteiger partial charge in [0.1, 0.15) is 29.0 Å². The summed E-state index contributed by atoms with van der Waals surface area (Å²) in [5.41, 5.74) is 0.345. The highest BCUT2D eigenvalue weighted by molar-refractivity contribution is 6.37. The van der Waals surface area contributed by atoms with E-state index < -0.39 is 28.4 Å². The Labute approximate surface area is 238 Å². The topological polar surface area (TPSA) is 75.3 Å². The molecule has 0 aromatic heterocycles. The van der Waals surface area contributed by atoms with Crippen molar-refractivity contribution in [2.45, 2.75) is 13.8 Å². The van der Waals surface area contributed by atoms with E-state index in [9.17, 15) is 10.5 Å². The smallest absolute Gasteiger partial charge is 0.217 e. The summed E-state index contributed by atoms with van der Waals surface area (Å²) >= 11 is 25.2. The molecule has 4 rings (SSSR count). The number of hydrogen-bond donors (Lipinski definition) is 0. The summed E-state index contributed by atoms with van der Waals surface area (Å²) in [6, 6.07) is 18.1. The molecular formula is C28H15Cl4FN2O3. The Kier molecular flexibility index (Phi) is 8.21. The average Bonchev–Trinajstić information content (AvgIpc) is 2.87. The molecule has 0 unspecified atom stereocenters. The lowest BCUT2D eigenvalue weighted by Crippen LogP contribution is -2.05. The monoisotopic (exact) mass is 586 g/mol. The molecule has 10 heteroatoms. The van der Waals surface area contributed by atoms with Crippen LogP contribution in [0.25, 0.3) is 0 Å². The summed E-state index contributed by atoms with van der Waals surface area (Å²) in [4.78, 5) is 0. The molecule has 0 amide bonds. The minimum absolute atomic E-state index is 0.0544. The minimum atomic E-state index is -1.20. The third kappa shape index (κ3) is 5.18. The van der Waals surface area contributed by atoms with Crippen molar-refractivity contribution in [2.75, 3.05) is 0 Å². The fraction of sp³-hybridized carbons (Fsp3) is 0.0714. The van der Waals surface area contributed by atoms with Crippen LogP contribution in [0.3, 0.4) is 0 Å². The highest BCUT2D eigenvalue weighted by Gasteiger charge is 2.32. The average molecular weight is 588 g/mol. The van der Waals surface area contributed by atoms with Gasteiger partial charge in [-0.3, -0.25) is 0 Å². The minimum Gasteiger partial charge on any atom is -0.451 e. The first-order valence-electron chi connectivity index (χ1n) is 10.8. The number of rotatable bonds is 6. The molecule has 0 aliphatic carbocycles. The van der Waals surface area contributed by atoms with Gasteiger partial charge >= 0.3 is 0 Å². The maximum Gasteiger partial charge on any atom is 0.217 e. The quantitative estimate of drug-likeness (QED) is 0.224. The highest BCUT2D eigenvalue weighted by Crippen LogP contribution is 2.52. The molecule has 4 aromatic carbocycles. The zero-order chi connectivity index (χ0) is 27.6. The number of para-hydroxylation sites is 3. The molecule has 0 fully saturated rings. The summed E-state index contributed by atoms with van der Waals surface area (Å²) in [7, 11) is 0. The molecule has 0 radical (unpaired) electrons. The Morgan fingerprint density at radius 1 is 0.553 bits per heavy atom. The molecule has 0 bridgehead atoms. The van der Waals surface area contributed by atoms with Crippen LogP contribution in [-0.4, -0.2) is 0 Å². The molecule has 0 saturated carbocycles. The largest absolute Gasteiger partial charge is 0.451 e. The van der Waals surface area contributed by atoms with Crippen molar-refractivity contribution in [1.82, 2.24) is 0 Å². The van der Waals surface area contributed by atoms with Crippen LogP contribution in [0.2, 0.25) is 20.1 Å². The molecule has 0 aliphatic heterocycles. The van der Waals surface area contributed by atoms with Crippen molar-refractivity contribution in [2.24, 2.45) is 0 Å². The van der Waals surface area contributed by atoms with E-state index in [2.05, 4.69) is 0 Å². The Bertz CT molecular complexity index is 1600. The number of nitriles is 2. The zero-order valence-corrected chi connectivity index (χ0v) is 22.7. The SMILES string of the molecule is Cc1cccc(C)c1Oc1c(C#N)c(C#N)c(F)c(Oc2c(Cl)cccc2Cl)c1Oc1c(Cl)cccc1Cl. The Hall–Kier alpha value is -3.65. The van der Waals surface area contributed by atoms with E-state index in [1.54, 1.807) is 44.2 Å². The van der Waals surface area contributed by atoms with E-state index in [0.29, 0.717) is 16.9 Å². The number of hydrogen-bond acceptors (Lipinski definition) is 5. The van der Waals surface area contributed by atoms with Gasteiger partial charge in [-0.1, -0.05) is 76.7 Å². The third-order valence-corrected chi connectivity index (χ3v) is 6.58.